The largest absolute Gasteiger partial charge is 0.497 e. The van der Waals surface area contributed by atoms with E-state index in [0.717, 1.165) is 55.4 Å². The lowest BCUT2D eigenvalue weighted by molar-refractivity contribution is 0.0786. The Morgan fingerprint density at radius 3 is 2.61 bits per heavy atom. The van der Waals surface area contributed by atoms with Crippen molar-refractivity contribution >= 4 is 22.4 Å². The molecule has 0 saturated heterocycles. The molecule has 1 unspecified atom stereocenters. The van der Waals surface area contributed by atoms with E-state index in [9.17, 15) is 9.50 Å². The number of hydrogen-bond acceptors (Lipinski definition) is 8. The lowest BCUT2D eigenvalue weighted by Crippen LogP contribution is -2.32. The molecule has 0 spiro atoms. The van der Waals surface area contributed by atoms with E-state index >= 15 is 0 Å². The molecule has 2 aromatic carbocycles. The van der Waals surface area contributed by atoms with Gasteiger partial charge in [-0.15, -0.1) is 0 Å². The van der Waals surface area contributed by atoms with Crippen molar-refractivity contribution in [3.05, 3.63) is 60.8 Å². The molecule has 1 atom stereocenters. The van der Waals surface area contributed by atoms with E-state index in [2.05, 4.69) is 29.2 Å². The van der Waals surface area contributed by atoms with Crippen molar-refractivity contribution in [3.63, 3.8) is 0 Å². The molecule has 0 fully saturated rings. The van der Waals surface area contributed by atoms with E-state index in [-0.39, 0.29) is 5.82 Å². The van der Waals surface area contributed by atoms with Gasteiger partial charge in [0.2, 0.25) is 0 Å². The van der Waals surface area contributed by atoms with E-state index in [1.807, 2.05) is 35.4 Å². The molecule has 4 aromatic rings. The summed E-state index contributed by atoms with van der Waals surface area (Å²) in [6.07, 6.45) is 10.5. The number of rotatable bonds is 16. The van der Waals surface area contributed by atoms with Gasteiger partial charge in [0, 0.05) is 54.4 Å². The summed E-state index contributed by atoms with van der Waals surface area (Å²) in [4.78, 5) is 11.5. The van der Waals surface area contributed by atoms with Crippen LogP contribution in [0.4, 0.5) is 15.8 Å². The summed E-state index contributed by atoms with van der Waals surface area (Å²) in [6.45, 7) is 6.23. The molecule has 2 aromatic heterocycles. The molecule has 0 aliphatic heterocycles. The van der Waals surface area contributed by atoms with Crippen molar-refractivity contribution < 1.29 is 14.2 Å². The standard InChI is InChI=1S/C31H42FN7O2/c1-22(2)34-13-14-38(26-15-24(32)16-27(17-26)41-3)25-10-11-28-29(18-25)37-30(20-35-28)23-19-36-39(21-23)31(40)9-7-5-4-6-8-12-33/h10-11,15-22,31,34,40H,4-9,12-14,33H2,1-3H3. The molecule has 4 N–H and O–H groups in total. The fraction of sp³-hybridized carbons (Fsp3) is 0.452. The summed E-state index contributed by atoms with van der Waals surface area (Å²) >= 11 is 0. The second-order valence-corrected chi connectivity index (χ2v) is 10.6. The van der Waals surface area contributed by atoms with Crippen molar-refractivity contribution in [2.75, 3.05) is 31.6 Å². The molecule has 0 amide bonds. The van der Waals surface area contributed by atoms with Gasteiger partial charge >= 0.3 is 0 Å². The van der Waals surface area contributed by atoms with Crippen LogP contribution in [0.3, 0.4) is 0 Å². The number of aliphatic hydroxyl groups is 1. The number of anilines is 2. The molecular formula is C31H42FN7O2. The Hall–Kier alpha value is -3.60. The minimum atomic E-state index is -0.686. The van der Waals surface area contributed by atoms with Crippen LogP contribution in [0.2, 0.25) is 0 Å². The smallest absolute Gasteiger partial charge is 0.147 e. The molecule has 4 rings (SSSR count). The molecule has 41 heavy (non-hydrogen) atoms. The molecule has 0 aliphatic carbocycles. The predicted octanol–water partition coefficient (Wildman–Crippen LogP) is 5.57. The Morgan fingerprint density at radius 2 is 1.83 bits per heavy atom. The van der Waals surface area contributed by atoms with Crippen molar-refractivity contribution in [1.29, 1.82) is 0 Å². The zero-order valence-corrected chi connectivity index (χ0v) is 24.3. The topological polar surface area (TPSA) is 114 Å². The van der Waals surface area contributed by atoms with Crippen LogP contribution in [0.25, 0.3) is 22.3 Å². The van der Waals surface area contributed by atoms with Crippen LogP contribution in [0.5, 0.6) is 5.75 Å². The number of nitrogens with one attached hydrogen (secondary N) is 1. The van der Waals surface area contributed by atoms with Crippen LogP contribution in [0.15, 0.2) is 55.0 Å². The Balaban J connectivity index is 1.55. The molecule has 10 heteroatoms. The molecule has 2 heterocycles. The highest BCUT2D eigenvalue weighted by Crippen LogP contribution is 2.31. The second-order valence-electron chi connectivity index (χ2n) is 10.6. The maximum Gasteiger partial charge on any atom is 0.147 e. The van der Waals surface area contributed by atoms with E-state index in [1.165, 1.54) is 19.2 Å². The van der Waals surface area contributed by atoms with Gasteiger partial charge in [0.15, 0.2) is 0 Å². The van der Waals surface area contributed by atoms with Gasteiger partial charge in [-0.05, 0) is 50.1 Å². The minimum Gasteiger partial charge on any atom is -0.497 e. The lowest BCUT2D eigenvalue weighted by Gasteiger charge is -2.26. The third-order valence-corrected chi connectivity index (χ3v) is 7.00. The van der Waals surface area contributed by atoms with Gasteiger partial charge in [0.05, 0.1) is 36.2 Å². The van der Waals surface area contributed by atoms with Crippen LogP contribution in [-0.4, -0.2) is 57.6 Å². The van der Waals surface area contributed by atoms with Crippen molar-refractivity contribution in [3.8, 4) is 17.0 Å². The Labute approximate surface area is 241 Å². The number of hydrogen-bond donors (Lipinski definition) is 3. The highest BCUT2D eigenvalue weighted by atomic mass is 19.1. The number of fused-ring (bicyclic) bond motifs is 1. The third-order valence-electron chi connectivity index (χ3n) is 7.00. The maximum absolute atomic E-state index is 14.5. The first-order chi connectivity index (χ1) is 19.9. The van der Waals surface area contributed by atoms with Gasteiger partial charge in [-0.2, -0.15) is 5.10 Å². The molecule has 0 bridgehead atoms. The quantitative estimate of drug-likeness (QED) is 0.152. The number of aliphatic hydroxyl groups excluding tert-OH is 1. The number of unbranched alkanes of at least 4 members (excludes halogenated alkanes) is 4. The van der Waals surface area contributed by atoms with Gasteiger partial charge in [0.1, 0.15) is 17.8 Å². The number of aromatic nitrogens is 4. The van der Waals surface area contributed by atoms with E-state index in [0.29, 0.717) is 48.2 Å². The summed E-state index contributed by atoms with van der Waals surface area (Å²) in [5.74, 6) is 0.0883. The molecule has 0 aliphatic rings. The average Bonchev–Trinajstić information content (AvgIpc) is 3.46. The third kappa shape index (κ3) is 8.45. The predicted molar refractivity (Wildman–Crippen MR) is 162 cm³/mol. The number of halogens is 1. The van der Waals surface area contributed by atoms with Crippen LogP contribution in [0, 0.1) is 5.82 Å². The van der Waals surface area contributed by atoms with E-state index in [4.69, 9.17) is 15.5 Å². The first-order valence-electron chi connectivity index (χ1n) is 14.4. The number of nitrogens with zero attached hydrogens (tertiary/aromatic N) is 5. The van der Waals surface area contributed by atoms with Crippen LogP contribution in [0.1, 0.15) is 58.6 Å². The summed E-state index contributed by atoms with van der Waals surface area (Å²) in [5, 5.41) is 18.4. The first-order valence-corrected chi connectivity index (χ1v) is 14.4. The zero-order valence-electron chi connectivity index (χ0n) is 24.3. The maximum atomic E-state index is 14.5. The Bertz CT molecular complexity index is 1390. The van der Waals surface area contributed by atoms with Crippen molar-refractivity contribution in [1.82, 2.24) is 25.1 Å². The van der Waals surface area contributed by atoms with Crippen molar-refractivity contribution in [2.24, 2.45) is 5.73 Å². The molecule has 0 saturated carbocycles. The molecule has 220 valence electrons. The first kappa shape index (κ1) is 30.4. The van der Waals surface area contributed by atoms with Gasteiger partial charge in [-0.1, -0.05) is 33.1 Å². The average molecular weight is 564 g/mol. The van der Waals surface area contributed by atoms with E-state index < -0.39 is 6.23 Å². The normalized spacial score (nSPS) is 12.3. The summed E-state index contributed by atoms with van der Waals surface area (Å²) in [6, 6.07) is 10.9. The van der Waals surface area contributed by atoms with Crippen LogP contribution >= 0.6 is 0 Å². The summed E-state index contributed by atoms with van der Waals surface area (Å²) < 4.78 is 21.4. The fourth-order valence-electron chi connectivity index (χ4n) is 4.77. The molecular weight excluding hydrogens is 521 g/mol. The molecule has 0 radical (unpaired) electrons. The monoisotopic (exact) mass is 563 g/mol. The van der Waals surface area contributed by atoms with Crippen LogP contribution in [-0.2, 0) is 0 Å². The lowest BCUT2D eigenvalue weighted by atomic mass is 10.1. The number of benzene rings is 2. The number of methoxy groups -OCH3 is 1. The Morgan fingerprint density at radius 1 is 1.02 bits per heavy atom. The zero-order chi connectivity index (χ0) is 29.2. The number of ether oxygens (including phenoxy) is 1. The highest BCUT2D eigenvalue weighted by Gasteiger charge is 2.15. The van der Waals surface area contributed by atoms with Crippen LogP contribution < -0.4 is 20.7 Å². The highest BCUT2D eigenvalue weighted by molar-refractivity contribution is 5.82. The van der Waals surface area contributed by atoms with Gasteiger partial charge in [0.25, 0.3) is 0 Å². The second kappa shape index (κ2) is 14.9. The summed E-state index contributed by atoms with van der Waals surface area (Å²) in [7, 11) is 1.53. The van der Waals surface area contributed by atoms with Crippen molar-refractivity contribution in [2.45, 2.75) is 64.6 Å². The summed E-state index contributed by atoms with van der Waals surface area (Å²) in [5.41, 5.74) is 9.99. The van der Waals surface area contributed by atoms with Gasteiger partial charge in [-0.25, -0.2) is 14.1 Å². The van der Waals surface area contributed by atoms with Gasteiger partial charge in [-0.3, -0.25) is 4.98 Å². The SMILES string of the molecule is COc1cc(F)cc(N(CCNC(C)C)c2ccc3ncc(-c4cnn(C(O)CCCCCCCN)c4)nc3c2)c1. The Kier molecular flexibility index (Phi) is 11.0. The van der Waals surface area contributed by atoms with E-state index in [1.54, 1.807) is 17.1 Å². The number of nitrogens with two attached hydrogens (primary N) is 1. The van der Waals surface area contributed by atoms with Gasteiger partial charge < -0.3 is 25.8 Å². The molecule has 9 nitrogen and oxygen atoms in total. The minimum absolute atomic E-state index is 0.324. The fourth-order valence-corrected chi connectivity index (χ4v) is 4.77.